The van der Waals surface area contributed by atoms with E-state index in [0.717, 1.165) is 51.3 Å². The van der Waals surface area contributed by atoms with Crippen molar-refractivity contribution in [3.05, 3.63) is 30.3 Å². The van der Waals surface area contributed by atoms with Crippen LogP contribution in [0.4, 0.5) is 5.69 Å². The van der Waals surface area contributed by atoms with Crippen molar-refractivity contribution in [3.8, 4) is 0 Å². The number of ether oxygens (including phenoxy) is 1. The van der Waals surface area contributed by atoms with Crippen molar-refractivity contribution in [3.63, 3.8) is 0 Å². The zero-order chi connectivity index (χ0) is 19.2. The summed E-state index contributed by atoms with van der Waals surface area (Å²) in [5.74, 6) is -0.107. The van der Waals surface area contributed by atoms with E-state index < -0.39 is 5.92 Å². The molecule has 6 nitrogen and oxygen atoms in total. The van der Waals surface area contributed by atoms with E-state index in [9.17, 15) is 9.59 Å². The van der Waals surface area contributed by atoms with Crippen LogP contribution in [0.15, 0.2) is 30.3 Å². The Balaban J connectivity index is 1.49. The van der Waals surface area contributed by atoms with E-state index in [1.165, 1.54) is 0 Å². The number of hydrogen-bond acceptors (Lipinski definition) is 4. The fourth-order valence-corrected chi connectivity index (χ4v) is 4.13. The molecule has 1 aromatic rings. The first kappa shape index (κ1) is 19.8. The third kappa shape index (κ3) is 4.87. The van der Waals surface area contributed by atoms with Crippen molar-refractivity contribution in [1.29, 1.82) is 0 Å². The maximum absolute atomic E-state index is 12.9. The topological polar surface area (TPSA) is 53.1 Å². The molecule has 2 amide bonds. The maximum Gasteiger partial charge on any atom is 0.239 e. The van der Waals surface area contributed by atoms with Gasteiger partial charge in [0.05, 0.1) is 6.61 Å². The molecule has 3 rings (SSSR count). The molecule has 148 valence electrons. The summed E-state index contributed by atoms with van der Waals surface area (Å²) in [6, 6.07) is 9.62. The smallest absolute Gasteiger partial charge is 0.239 e. The van der Waals surface area contributed by atoms with Crippen LogP contribution in [-0.2, 0) is 14.3 Å². The lowest BCUT2D eigenvalue weighted by Crippen LogP contribution is -2.43. The minimum absolute atomic E-state index is 0.0276. The van der Waals surface area contributed by atoms with Crippen LogP contribution in [-0.4, -0.2) is 75.1 Å². The van der Waals surface area contributed by atoms with Crippen LogP contribution in [0.25, 0.3) is 0 Å². The Labute approximate surface area is 162 Å². The van der Waals surface area contributed by atoms with Crippen molar-refractivity contribution in [2.75, 3.05) is 58.4 Å². The van der Waals surface area contributed by atoms with Gasteiger partial charge in [-0.1, -0.05) is 18.2 Å². The van der Waals surface area contributed by atoms with Crippen LogP contribution in [0.3, 0.4) is 0 Å². The molecule has 0 radical (unpaired) electrons. The zero-order valence-electron chi connectivity index (χ0n) is 16.5. The van der Waals surface area contributed by atoms with Crippen LogP contribution in [0.1, 0.15) is 19.3 Å². The molecule has 2 fully saturated rings. The summed E-state index contributed by atoms with van der Waals surface area (Å²) in [6.45, 7) is 5.21. The van der Waals surface area contributed by atoms with Gasteiger partial charge in [0.25, 0.3) is 0 Å². The van der Waals surface area contributed by atoms with Gasteiger partial charge >= 0.3 is 0 Å². The van der Waals surface area contributed by atoms with Gasteiger partial charge in [-0.15, -0.1) is 0 Å². The number of nitrogens with zero attached hydrogens (tertiary/aromatic N) is 3. The van der Waals surface area contributed by atoms with Gasteiger partial charge in [-0.2, -0.15) is 0 Å². The quantitative estimate of drug-likeness (QED) is 0.685. The van der Waals surface area contributed by atoms with E-state index in [4.69, 9.17) is 4.74 Å². The predicted molar refractivity (Wildman–Crippen MR) is 106 cm³/mol. The Morgan fingerprint density at radius 1 is 1.15 bits per heavy atom. The second kappa shape index (κ2) is 9.33. The molecule has 6 heteroatoms. The highest BCUT2D eigenvalue weighted by atomic mass is 16.5. The van der Waals surface area contributed by atoms with Crippen LogP contribution in [0, 0.1) is 11.8 Å². The molecule has 2 saturated heterocycles. The number of hydrogen-bond donors (Lipinski definition) is 0. The van der Waals surface area contributed by atoms with Gasteiger partial charge in [-0.3, -0.25) is 9.59 Å². The first-order valence-electron chi connectivity index (χ1n) is 9.93. The molecule has 1 aromatic carbocycles. The molecule has 0 spiro atoms. The number of carbonyl (C=O) groups is 2. The van der Waals surface area contributed by atoms with Gasteiger partial charge < -0.3 is 19.4 Å². The molecule has 0 saturated carbocycles. The molecule has 2 aliphatic rings. The summed E-state index contributed by atoms with van der Waals surface area (Å²) in [5.41, 5.74) is 0.879. The van der Waals surface area contributed by atoms with Crippen molar-refractivity contribution in [2.24, 2.45) is 11.8 Å². The van der Waals surface area contributed by atoms with Gasteiger partial charge in [-0.05, 0) is 50.4 Å². The molecule has 27 heavy (non-hydrogen) atoms. The first-order valence-corrected chi connectivity index (χ1v) is 9.93. The van der Waals surface area contributed by atoms with E-state index in [0.29, 0.717) is 18.9 Å². The lowest BCUT2D eigenvalue weighted by Gasteiger charge is -2.34. The van der Waals surface area contributed by atoms with Crippen LogP contribution < -0.4 is 4.90 Å². The number of likely N-dealkylation sites (tertiary alicyclic amines) is 1. The second-order valence-electron chi connectivity index (χ2n) is 7.66. The van der Waals surface area contributed by atoms with Crippen molar-refractivity contribution >= 4 is 17.5 Å². The Bertz CT molecular complexity index is 629. The minimum atomic E-state index is -0.531. The SMILES string of the molecule is COCCN1CCC(CN(C)C(=O)C2CCN(c3ccccc3)C2=O)CC1. The van der Waals surface area contributed by atoms with E-state index in [1.54, 1.807) is 16.9 Å². The third-order valence-electron chi connectivity index (χ3n) is 5.80. The average molecular weight is 373 g/mol. The van der Waals surface area contributed by atoms with Crippen LogP contribution in [0.2, 0.25) is 0 Å². The van der Waals surface area contributed by atoms with Crippen LogP contribution in [0.5, 0.6) is 0 Å². The van der Waals surface area contributed by atoms with Gasteiger partial charge in [0.2, 0.25) is 11.8 Å². The number of piperidine rings is 1. The molecular formula is C21H31N3O3. The van der Waals surface area contributed by atoms with E-state index >= 15 is 0 Å². The Morgan fingerprint density at radius 2 is 1.85 bits per heavy atom. The molecule has 0 aromatic heterocycles. The summed E-state index contributed by atoms with van der Waals surface area (Å²) in [6.07, 6.45) is 2.79. The molecule has 1 atom stereocenters. The fourth-order valence-electron chi connectivity index (χ4n) is 4.13. The molecular weight excluding hydrogens is 342 g/mol. The molecule has 2 heterocycles. The highest BCUT2D eigenvalue weighted by Crippen LogP contribution is 2.27. The Hall–Kier alpha value is -1.92. The predicted octanol–water partition coefficient (Wildman–Crippen LogP) is 1.86. The second-order valence-corrected chi connectivity index (χ2v) is 7.66. The van der Waals surface area contributed by atoms with Crippen LogP contribution >= 0.6 is 0 Å². The highest BCUT2D eigenvalue weighted by Gasteiger charge is 2.39. The molecule has 0 aliphatic carbocycles. The van der Waals surface area contributed by atoms with E-state index in [2.05, 4.69) is 4.90 Å². The van der Waals surface area contributed by atoms with Gasteiger partial charge in [0, 0.05) is 39.5 Å². The number of anilines is 1. The fraction of sp³-hybridized carbons (Fsp3) is 0.619. The Morgan fingerprint density at radius 3 is 2.52 bits per heavy atom. The van der Waals surface area contributed by atoms with Crippen molar-refractivity contribution < 1.29 is 14.3 Å². The standard InChI is InChI=1S/C21H31N3O3/c1-22(16-17-8-11-23(12-9-17)14-15-27-2)20(25)19-10-13-24(21(19)26)18-6-4-3-5-7-18/h3-7,17,19H,8-16H2,1-2H3. The van der Waals surface area contributed by atoms with Gasteiger partial charge in [-0.25, -0.2) is 0 Å². The number of rotatable bonds is 7. The molecule has 1 unspecified atom stereocenters. The van der Waals surface area contributed by atoms with Gasteiger partial charge in [0.1, 0.15) is 5.92 Å². The molecule has 2 aliphatic heterocycles. The molecule has 0 bridgehead atoms. The minimum Gasteiger partial charge on any atom is -0.383 e. The van der Waals surface area contributed by atoms with E-state index in [1.807, 2.05) is 37.4 Å². The molecule has 0 N–H and O–H groups in total. The number of benzene rings is 1. The first-order chi connectivity index (χ1) is 13.1. The number of methoxy groups -OCH3 is 1. The van der Waals surface area contributed by atoms with Crippen molar-refractivity contribution in [1.82, 2.24) is 9.80 Å². The average Bonchev–Trinajstić information content (AvgIpc) is 3.08. The normalized spacial score (nSPS) is 21.6. The number of carbonyl (C=O) groups excluding carboxylic acids is 2. The summed E-state index contributed by atoms with van der Waals surface area (Å²) in [5, 5.41) is 0. The number of para-hydroxylation sites is 1. The largest absolute Gasteiger partial charge is 0.383 e. The maximum atomic E-state index is 12.9. The zero-order valence-corrected chi connectivity index (χ0v) is 16.5. The summed E-state index contributed by atoms with van der Waals surface area (Å²) >= 11 is 0. The lowest BCUT2D eigenvalue weighted by atomic mass is 9.95. The summed E-state index contributed by atoms with van der Waals surface area (Å²) in [4.78, 5) is 31.6. The lowest BCUT2D eigenvalue weighted by molar-refractivity contribution is -0.139. The highest BCUT2D eigenvalue weighted by molar-refractivity contribution is 6.09. The van der Waals surface area contributed by atoms with E-state index in [-0.39, 0.29) is 11.8 Å². The Kier molecular flexibility index (Phi) is 6.85. The number of amides is 2. The third-order valence-corrected chi connectivity index (χ3v) is 5.80. The summed E-state index contributed by atoms with van der Waals surface area (Å²) in [7, 11) is 3.58. The summed E-state index contributed by atoms with van der Waals surface area (Å²) < 4.78 is 5.14. The van der Waals surface area contributed by atoms with Gasteiger partial charge in [0.15, 0.2) is 0 Å². The van der Waals surface area contributed by atoms with Crippen molar-refractivity contribution in [2.45, 2.75) is 19.3 Å². The monoisotopic (exact) mass is 373 g/mol.